The number of nitrogens with one attached hydrogen (secondary N) is 1. The van der Waals surface area contributed by atoms with E-state index in [2.05, 4.69) is 9.97 Å². The summed E-state index contributed by atoms with van der Waals surface area (Å²) in [5.74, 6) is -0.724. The van der Waals surface area contributed by atoms with Crippen LogP contribution in [-0.2, 0) is 20.0 Å². The molecular weight excluding hydrogens is 459 g/mol. The Labute approximate surface area is 188 Å². The number of aromatic nitrogens is 2. The van der Waals surface area contributed by atoms with Crippen molar-refractivity contribution in [1.82, 2.24) is 9.97 Å². The van der Waals surface area contributed by atoms with Crippen LogP contribution in [0, 0.1) is 0 Å². The summed E-state index contributed by atoms with van der Waals surface area (Å²) in [4.78, 5) is 18.6. The molecule has 1 amide bonds. The van der Waals surface area contributed by atoms with Crippen molar-refractivity contribution < 1.29 is 31.1 Å². The van der Waals surface area contributed by atoms with Gasteiger partial charge in [-0.05, 0) is 35.6 Å². The van der Waals surface area contributed by atoms with E-state index in [0.29, 0.717) is 16.5 Å². The Bertz CT molecular complexity index is 1360. The summed E-state index contributed by atoms with van der Waals surface area (Å²) >= 11 is 0. The van der Waals surface area contributed by atoms with E-state index >= 15 is 0 Å². The van der Waals surface area contributed by atoms with Crippen LogP contribution in [0.25, 0.3) is 10.9 Å². The smallest absolute Gasteiger partial charge is 0.366 e. The summed E-state index contributed by atoms with van der Waals surface area (Å²) in [6.07, 6.45) is -4.23. The maximum Gasteiger partial charge on any atom is 0.420 e. The van der Waals surface area contributed by atoms with Gasteiger partial charge in [-0.25, -0.2) is 13.4 Å². The molecule has 1 saturated heterocycles. The summed E-state index contributed by atoms with van der Waals surface area (Å²) in [5, 5.41) is 0.230. The monoisotopic (exact) mass is 481 g/mol. The molecule has 1 fully saturated rings. The predicted octanol–water partition coefficient (Wildman–Crippen LogP) is 3.81. The van der Waals surface area contributed by atoms with Gasteiger partial charge in [0.2, 0.25) is 5.91 Å². The number of carbonyl (C=O) groups excluding carboxylic acids is 1. The molecule has 7 nitrogen and oxygen atoms in total. The van der Waals surface area contributed by atoms with E-state index in [1.807, 2.05) is 0 Å². The second-order valence-electron chi connectivity index (χ2n) is 8.96. The molecule has 4 rings (SSSR count). The number of H-pyrrole nitrogens is 1. The quantitative estimate of drug-likeness (QED) is 0.519. The number of amides is 1. The fraction of sp³-hybridized carbons (Fsp3) is 0.364. The highest BCUT2D eigenvalue weighted by molar-refractivity contribution is 7.90. The van der Waals surface area contributed by atoms with Gasteiger partial charge in [0.15, 0.2) is 20.5 Å². The van der Waals surface area contributed by atoms with Crippen LogP contribution >= 0.6 is 0 Å². The minimum absolute atomic E-state index is 0.155. The van der Waals surface area contributed by atoms with E-state index in [-0.39, 0.29) is 16.3 Å². The number of carbonyl (C=O) groups is 1. The Morgan fingerprint density at radius 3 is 2.52 bits per heavy atom. The van der Waals surface area contributed by atoms with Gasteiger partial charge in [-0.3, -0.25) is 4.79 Å². The molecule has 3 aromatic rings. The van der Waals surface area contributed by atoms with Gasteiger partial charge in [-0.15, -0.1) is 0 Å². The molecule has 1 aliphatic heterocycles. The molecule has 1 aliphatic rings. The number of fused-ring (bicyclic) bond motifs is 1. The number of primary amides is 1. The third-order valence-electron chi connectivity index (χ3n) is 5.96. The average Bonchev–Trinajstić information content (AvgIpc) is 3.27. The number of alkyl halides is 3. The first kappa shape index (κ1) is 23.2. The van der Waals surface area contributed by atoms with E-state index in [1.54, 1.807) is 32.0 Å². The van der Waals surface area contributed by atoms with Crippen molar-refractivity contribution in [3.8, 4) is 0 Å². The number of aromatic amines is 1. The molecule has 2 atom stereocenters. The van der Waals surface area contributed by atoms with Crippen LogP contribution in [0.5, 0.6) is 0 Å². The lowest BCUT2D eigenvalue weighted by Gasteiger charge is -2.31. The van der Waals surface area contributed by atoms with E-state index in [4.69, 9.17) is 10.5 Å². The number of epoxide rings is 1. The Morgan fingerprint density at radius 1 is 1.24 bits per heavy atom. The molecule has 0 saturated carbocycles. The third-order valence-corrected chi connectivity index (χ3v) is 6.95. The zero-order valence-electron chi connectivity index (χ0n) is 18.0. The molecule has 1 aromatic carbocycles. The average molecular weight is 481 g/mol. The molecule has 33 heavy (non-hydrogen) atoms. The lowest BCUT2D eigenvalue weighted by Crippen LogP contribution is -2.40. The number of halogens is 3. The molecule has 3 heterocycles. The topological polar surface area (TPSA) is 118 Å². The molecule has 176 valence electrons. The fourth-order valence-electron chi connectivity index (χ4n) is 4.36. The Balaban J connectivity index is 1.72. The molecule has 11 heteroatoms. The van der Waals surface area contributed by atoms with Crippen molar-refractivity contribution in [2.45, 2.75) is 48.6 Å². The molecule has 0 spiro atoms. The van der Waals surface area contributed by atoms with Crippen LogP contribution in [0.2, 0.25) is 0 Å². The summed E-state index contributed by atoms with van der Waals surface area (Å²) < 4.78 is 71.7. The zero-order valence-corrected chi connectivity index (χ0v) is 18.8. The van der Waals surface area contributed by atoms with E-state index in [0.717, 1.165) is 6.26 Å². The van der Waals surface area contributed by atoms with Crippen molar-refractivity contribution in [2.75, 3.05) is 6.26 Å². The maximum absolute atomic E-state index is 14.3. The van der Waals surface area contributed by atoms with Crippen LogP contribution in [0.4, 0.5) is 13.2 Å². The molecule has 0 radical (unpaired) electrons. The molecule has 0 aliphatic carbocycles. The van der Waals surface area contributed by atoms with Gasteiger partial charge in [0.1, 0.15) is 6.10 Å². The number of rotatable bonds is 6. The number of hydrogen-bond acceptors (Lipinski definition) is 5. The van der Waals surface area contributed by atoms with E-state index in [9.17, 15) is 26.4 Å². The normalized spacial score (nSPS) is 21.3. The molecule has 2 aromatic heterocycles. The zero-order chi connectivity index (χ0) is 24.4. The van der Waals surface area contributed by atoms with Crippen molar-refractivity contribution in [3.63, 3.8) is 0 Å². The van der Waals surface area contributed by atoms with Crippen LogP contribution < -0.4 is 5.73 Å². The van der Waals surface area contributed by atoms with Gasteiger partial charge in [-0.1, -0.05) is 32.0 Å². The van der Waals surface area contributed by atoms with Gasteiger partial charge in [-0.2, -0.15) is 13.2 Å². The summed E-state index contributed by atoms with van der Waals surface area (Å²) in [6.45, 7) is 3.21. The third kappa shape index (κ3) is 3.99. The Hall–Kier alpha value is -2.92. The Morgan fingerprint density at radius 2 is 1.91 bits per heavy atom. The first-order valence-electron chi connectivity index (χ1n) is 9.98. The standard InChI is InChI=1S/C22H22F3N3O4S/c1-20(2,14-7-5-4-6-13(14)19(26)29)11-21(22(23,24)25)18(32-21)15-8-12-9-17(33(3,30)31)27-10-16(12)28-15/h4-10,18,28H,11H2,1-3H3,(H2,26,29). The maximum atomic E-state index is 14.3. The van der Waals surface area contributed by atoms with Crippen molar-refractivity contribution in [1.29, 1.82) is 0 Å². The van der Waals surface area contributed by atoms with E-state index < -0.39 is 45.5 Å². The Kier molecular flexibility index (Phi) is 5.14. The van der Waals surface area contributed by atoms with Crippen molar-refractivity contribution in [2.24, 2.45) is 5.73 Å². The molecule has 0 bridgehead atoms. The van der Waals surface area contributed by atoms with Crippen molar-refractivity contribution in [3.05, 3.63) is 59.4 Å². The molecule has 3 N–H and O–H groups in total. The number of benzene rings is 1. The summed E-state index contributed by atoms with van der Waals surface area (Å²) in [7, 11) is -3.58. The van der Waals surface area contributed by atoms with Crippen LogP contribution in [-0.4, -0.2) is 42.3 Å². The first-order valence-corrected chi connectivity index (χ1v) is 11.9. The minimum atomic E-state index is -4.70. The number of sulfone groups is 1. The van der Waals surface area contributed by atoms with Crippen LogP contribution in [0.3, 0.4) is 0 Å². The molecular formula is C22H22F3N3O4S. The lowest BCUT2D eigenvalue weighted by atomic mass is 9.73. The number of hydrogen-bond donors (Lipinski definition) is 2. The summed E-state index contributed by atoms with van der Waals surface area (Å²) in [6, 6.07) is 9.04. The fourth-order valence-corrected chi connectivity index (χ4v) is 4.94. The lowest BCUT2D eigenvalue weighted by molar-refractivity contribution is -0.189. The van der Waals surface area contributed by atoms with Gasteiger partial charge >= 0.3 is 6.18 Å². The van der Waals surface area contributed by atoms with Crippen LogP contribution in [0.1, 0.15) is 48.0 Å². The minimum Gasteiger partial charge on any atom is -0.366 e. The van der Waals surface area contributed by atoms with Gasteiger partial charge in [0.25, 0.3) is 0 Å². The van der Waals surface area contributed by atoms with Crippen LogP contribution in [0.15, 0.2) is 47.6 Å². The van der Waals surface area contributed by atoms with Gasteiger partial charge in [0.05, 0.1) is 11.7 Å². The highest BCUT2D eigenvalue weighted by Crippen LogP contribution is 2.63. The number of ether oxygens (including phenoxy) is 1. The van der Waals surface area contributed by atoms with Gasteiger partial charge < -0.3 is 15.5 Å². The van der Waals surface area contributed by atoms with E-state index in [1.165, 1.54) is 24.4 Å². The summed E-state index contributed by atoms with van der Waals surface area (Å²) in [5.41, 5.74) is 2.94. The second kappa shape index (κ2) is 7.29. The first-order chi connectivity index (χ1) is 15.2. The van der Waals surface area contributed by atoms with Gasteiger partial charge in [0, 0.05) is 22.9 Å². The highest BCUT2D eigenvalue weighted by Gasteiger charge is 2.75. The number of pyridine rings is 1. The largest absolute Gasteiger partial charge is 0.420 e. The number of nitrogens with zero attached hydrogens (tertiary/aromatic N) is 1. The second-order valence-corrected chi connectivity index (χ2v) is 10.9. The molecule has 2 unspecified atom stereocenters. The highest BCUT2D eigenvalue weighted by atomic mass is 32.2. The van der Waals surface area contributed by atoms with Crippen molar-refractivity contribution >= 4 is 26.6 Å². The SMILES string of the molecule is CC(C)(CC1(C(F)(F)F)OC1c1cc2cc(S(C)(=O)=O)ncc2[nH]1)c1ccccc1C(N)=O. The number of nitrogens with two attached hydrogens (primary N) is 1. The predicted molar refractivity (Wildman–Crippen MR) is 114 cm³/mol.